The van der Waals surface area contributed by atoms with Gasteiger partial charge in [0, 0.05) is 37.4 Å². The smallest absolute Gasteiger partial charge is 0.406 e. The fourth-order valence-corrected chi connectivity index (χ4v) is 3.15. The van der Waals surface area contributed by atoms with Gasteiger partial charge in [0.2, 0.25) is 0 Å². The van der Waals surface area contributed by atoms with Gasteiger partial charge in [-0.3, -0.25) is 14.9 Å². The maximum Gasteiger partial charge on any atom is 0.406 e. The van der Waals surface area contributed by atoms with Crippen molar-refractivity contribution in [3.8, 4) is 34.3 Å². The average Bonchev–Trinajstić information content (AvgIpc) is 3.30. The van der Waals surface area contributed by atoms with Crippen LogP contribution in [0.3, 0.4) is 0 Å². The number of nitrogens with one attached hydrogen (secondary N) is 2. The molecule has 0 radical (unpaired) electrons. The number of hydrogen-bond acceptors (Lipinski definition) is 10. The first-order valence-corrected chi connectivity index (χ1v) is 11.0. The normalized spacial score (nSPS) is 11.9. The SMILES string of the molecule is CNC(=O)OCC(NC(=O)c1cc(-c2c(O)cc(O)cc2Oc2ccc([N+](=O)[O-])cc2)on1)C(C)(C)C. The molecule has 0 spiro atoms. The molecule has 196 valence electrons. The fraction of sp³-hybridized carbons (Fsp3) is 0.292. The summed E-state index contributed by atoms with van der Waals surface area (Å²) in [6, 6.07) is 8.09. The summed E-state index contributed by atoms with van der Waals surface area (Å²) in [7, 11) is 1.42. The molecule has 3 aromatic rings. The van der Waals surface area contributed by atoms with Crippen molar-refractivity contribution in [3.63, 3.8) is 0 Å². The van der Waals surface area contributed by atoms with E-state index in [4.69, 9.17) is 14.0 Å². The predicted octanol–water partition coefficient (Wildman–Crippen LogP) is 3.95. The Kier molecular flexibility index (Phi) is 7.85. The molecule has 0 saturated heterocycles. The van der Waals surface area contributed by atoms with E-state index in [0.717, 1.165) is 6.07 Å². The molecule has 4 N–H and O–H groups in total. The Morgan fingerprint density at radius 3 is 2.43 bits per heavy atom. The van der Waals surface area contributed by atoms with Crippen LogP contribution < -0.4 is 15.4 Å². The highest BCUT2D eigenvalue weighted by Crippen LogP contribution is 2.43. The van der Waals surface area contributed by atoms with Gasteiger partial charge in [-0.2, -0.15) is 0 Å². The van der Waals surface area contributed by atoms with Gasteiger partial charge in [0.15, 0.2) is 11.5 Å². The summed E-state index contributed by atoms with van der Waals surface area (Å²) < 4.78 is 16.1. The number of aromatic hydroxyl groups is 2. The summed E-state index contributed by atoms with van der Waals surface area (Å²) >= 11 is 0. The second-order valence-electron chi connectivity index (χ2n) is 9.01. The van der Waals surface area contributed by atoms with E-state index in [1.54, 1.807) is 0 Å². The zero-order chi connectivity index (χ0) is 27.3. The van der Waals surface area contributed by atoms with Crippen LogP contribution in [0.1, 0.15) is 31.3 Å². The van der Waals surface area contributed by atoms with Gasteiger partial charge in [-0.1, -0.05) is 25.9 Å². The van der Waals surface area contributed by atoms with Crippen LogP contribution in [0.4, 0.5) is 10.5 Å². The number of nitro benzene ring substituents is 1. The zero-order valence-electron chi connectivity index (χ0n) is 20.5. The van der Waals surface area contributed by atoms with Crippen LogP contribution in [-0.2, 0) is 4.74 Å². The highest BCUT2D eigenvalue weighted by atomic mass is 16.6. The highest BCUT2D eigenvalue weighted by molar-refractivity contribution is 5.93. The lowest BCUT2D eigenvalue weighted by Gasteiger charge is -2.30. The number of nitro groups is 1. The molecule has 0 aliphatic carbocycles. The Labute approximate surface area is 211 Å². The van der Waals surface area contributed by atoms with Crippen LogP contribution in [0, 0.1) is 15.5 Å². The lowest BCUT2D eigenvalue weighted by atomic mass is 9.87. The summed E-state index contributed by atoms with van der Waals surface area (Å²) in [5.74, 6) is -1.29. The third kappa shape index (κ3) is 6.66. The largest absolute Gasteiger partial charge is 0.508 e. The van der Waals surface area contributed by atoms with Crippen molar-refractivity contribution in [3.05, 3.63) is 58.3 Å². The van der Waals surface area contributed by atoms with Crippen molar-refractivity contribution < 1.29 is 38.7 Å². The molecule has 0 bridgehead atoms. The second kappa shape index (κ2) is 10.8. The van der Waals surface area contributed by atoms with Crippen LogP contribution in [-0.4, -0.2) is 52.0 Å². The number of amides is 2. The number of rotatable bonds is 8. The number of nitrogens with zero attached hydrogens (tertiary/aromatic N) is 2. The van der Waals surface area contributed by atoms with Gasteiger partial charge in [-0.05, 0) is 17.5 Å². The van der Waals surface area contributed by atoms with E-state index in [-0.39, 0.29) is 46.6 Å². The summed E-state index contributed by atoms with van der Waals surface area (Å²) in [4.78, 5) is 34.7. The van der Waals surface area contributed by atoms with E-state index in [9.17, 15) is 29.9 Å². The topological polar surface area (TPSA) is 186 Å². The van der Waals surface area contributed by atoms with Crippen molar-refractivity contribution in [1.82, 2.24) is 15.8 Å². The van der Waals surface area contributed by atoms with Gasteiger partial charge >= 0.3 is 6.09 Å². The summed E-state index contributed by atoms with van der Waals surface area (Å²) in [5, 5.41) is 40.2. The van der Waals surface area contributed by atoms with Crippen molar-refractivity contribution in [1.29, 1.82) is 0 Å². The van der Waals surface area contributed by atoms with E-state index in [2.05, 4.69) is 15.8 Å². The van der Waals surface area contributed by atoms with Crippen LogP contribution in [0.15, 0.2) is 47.0 Å². The van der Waals surface area contributed by atoms with Gasteiger partial charge in [-0.15, -0.1) is 0 Å². The van der Waals surface area contributed by atoms with Gasteiger partial charge in [-0.25, -0.2) is 4.79 Å². The van der Waals surface area contributed by atoms with E-state index in [0.29, 0.717) is 0 Å². The molecule has 1 heterocycles. The Bertz CT molecular complexity index is 1300. The lowest BCUT2D eigenvalue weighted by molar-refractivity contribution is -0.384. The predicted molar refractivity (Wildman–Crippen MR) is 130 cm³/mol. The molecule has 2 aromatic carbocycles. The number of non-ortho nitro benzene ring substituents is 1. The van der Waals surface area contributed by atoms with E-state index in [1.165, 1.54) is 43.4 Å². The third-order valence-electron chi connectivity index (χ3n) is 5.27. The molecular formula is C24H26N4O9. The number of phenolic OH excluding ortho intramolecular Hbond substituents is 2. The molecule has 2 amide bonds. The van der Waals surface area contributed by atoms with Crippen molar-refractivity contribution in [2.45, 2.75) is 26.8 Å². The van der Waals surface area contributed by atoms with Crippen LogP contribution in [0.25, 0.3) is 11.3 Å². The third-order valence-corrected chi connectivity index (χ3v) is 5.27. The number of ether oxygens (including phenoxy) is 2. The number of aromatic nitrogens is 1. The minimum absolute atomic E-state index is 0.0157. The van der Waals surface area contributed by atoms with Crippen molar-refractivity contribution >= 4 is 17.7 Å². The Balaban J connectivity index is 1.86. The molecule has 13 nitrogen and oxygen atoms in total. The molecule has 1 atom stereocenters. The fourth-order valence-electron chi connectivity index (χ4n) is 3.15. The molecular weight excluding hydrogens is 488 g/mol. The van der Waals surface area contributed by atoms with E-state index >= 15 is 0 Å². The van der Waals surface area contributed by atoms with Gasteiger partial charge in [0.05, 0.1) is 11.0 Å². The molecule has 0 saturated carbocycles. The molecule has 3 rings (SSSR count). The maximum atomic E-state index is 12.9. The Morgan fingerprint density at radius 2 is 1.84 bits per heavy atom. The van der Waals surface area contributed by atoms with Gasteiger partial charge in [0.1, 0.15) is 35.2 Å². The number of carbonyl (C=O) groups is 2. The number of hydrogen-bond donors (Lipinski definition) is 4. The minimum Gasteiger partial charge on any atom is -0.508 e. The van der Waals surface area contributed by atoms with Crippen LogP contribution in [0.5, 0.6) is 23.0 Å². The van der Waals surface area contributed by atoms with Crippen LogP contribution in [0.2, 0.25) is 0 Å². The van der Waals surface area contributed by atoms with Crippen molar-refractivity contribution in [2.24, 2.45) is 5.41 Å². The van der Waals surface area contributed by atoms with Crippen LogP contribution >= 0.6 is 0 Å². The second-order valence-corrected chi connectivity index (χ2v) is 9.01. The first-order chi connectivity index (χ1) is 17.4. The highest BCUT2D eigenvalue weighted by Gasteiger charge is 2.29. The molecule has 0 fully saturated rings. The molecule has 0 aliphatic heterocycles. The molecule has 13 heteroatoms. The number of phenols is 2. The Hall–Kier alpha value is -4.81. The quantitative estimate of drug-likeness (QED) is 0.253. The molecule has 0 aliphatic rings. The molecule has 1 unspecified atom stereocenters. The summed E-state index contributed by atoms with van der Waals surface area (Å²) in [6.45, 7) is 5.48. The van der Waals surface area contributed by atoms with E-state index in [1.807, 2.05) is 20.8 Å². The number of alkyl carbamates (subject to hydrolysis) is 1. The maximum absolute atomic E-state index is 12.9. The number of benzene rings is 2. The first kappa shape index (κ1) is 26.8. The first-order valence-electron chi connectivity index (χ1n) is 11.0. The standard InChI is InChI=1S/C24H26N4O9/c1-24(2,3)20(12-35-23(32)25-4)26-22(31)16-11-19(37-27-16)21-17(30)9-14(29)10-18(21)36-15-7-5-13(6-8-15)28(33)34/h5-11,20,29-30H,12H2,1-4H3,(H,25,32)(H,26,31). The lowest BCUT2D eigenvalue weighted by Crippen LogP contribution is -2.47. The summed E-state index contributed by atoms with van der Waals surface area (Å²) in [5.41, 5.74) is -0.764. The van der Waals surface area contributed by atoms with E-state index < -0.39 is 34.1 Å². The average molecular weight is 514 g/mol. The van der Waals surface area contributed by atoms with Gasteiger partial charge in [0.25, 0.3) is 11.6 Å². The molecule has 37 heavy (non-hydrogen) atoms. The monoisotopic (exact) mass is 514 g/mol. The molecule has 1 aromatic heterocycles. The number of carbonyl (C=O) groups excluding carboxylic acids is 2. The zero-order valence-corrected chi connectivity index (χ0v) is 20.5. The van der Waals surface area contributed by atoms with Gasteiger partial charge < -0.3 is 34.8 Å². The summed E-state index contributed by atoms with van der Waals surface area (Å²) in [6.07, 6.45) is -0.643. The Morgan fingerprint density at radius 1 is 1.16 bits per heavy atom. The van der Waals surface area contributed by atoms with Crippen molar-refractivity contribution in [2.75, 3.05) is 13.7 Å². The minimum atomic E-state index is -0.643.